The van der Waals surface area contributed by atoms with Crippen molar-refractivity contribution in [1.29, 1.82) is 0 Å². The summed E-state index contributed by atoms with van der Waals surface area (Å²) in [6.07, 6.45) is 28.1. The zero-order valence-corrected chi connectivity index (χ0v) is 34.5. The van der Waals surface area contributed by atoms with Crippen LogP contribution in [-0.4, -0.2) is 24.6 Å². The van der Waals surface area contributed by atoms with Crippen LogP contribution in [0.2, 0.25) is 0 Å². The van der Waals surface area contributed by atoms with Gasteiger partial charge in [-0.05, 0) is 50.3 Å². The third-order valence-electron chi connectivity index (χ3n) is 9.06. The number of rotatable bonds is 22. The van der Waals surface area contributed by atoms with Crippen LogP contribution < -0.4 is 10.6 Å². The number of benzene rings is 2. The van der Waals surface area contributed by atoms with Crippen molar-refractivity contribution in [1.82, 2.24) is 0 Å². The van der Waals surface area contributed by atoms with E-state index >= 15 is 0 Å². The van der Waals surface area contributed by atoms with Crippen molar-refractivity contribution >= 4 is 48.0 Å². The molecule has 0 N–H and O–H groups in total. The summed E-state index contributed by atoms with van der Waals surface area (Å²) in [6, 6.07) is 27.6. The molecule has 0 radical (unpaired) electrons. The van der Waals surface area contributed by atoms with E-state index in [1.165, 1.54) is 149 Å². The molecule has 4 aromatic carbocycles. The summed E-state index contributed by atoms with van der Waals surface area (Å²) in [4.78, 5) is 0. The van der Waals surface area contributed by atoms with Crippen LogP contribution in [0, 0.1) is 0 Å². The predicted molar refractivity (Wildman–Crippen MR) is 210 cm³/mol. The van der Waals surface area contributed by atoms with Crippen molar-refractivity contribution in [3.05, 3.63) is 72.8 Å². The molecule has 0 aliphatic heterocycles. The van der Waals surface area contributed by atoms with E-state index in [1.54, 1.807) is 10.6 Å². The third-order valence-corrected chi connectivity index (χ3v) is 14.5. The van der Waals surface area contributed by atoms with Gasteiger partial charge >= 0.3 is 29.7 Å². The third kappa shape index (κ3) is 17.7. The molecule has 47 heavy (non-hydrogen) atoms. The summed E-state index contributed by atoms with van der Waals surface area (Å²) in [5.41, 5.74) is 0. The molecule has 0 unspecified atom stereocenters. The fraction of sp³-hybridized carbons (Fsp3) is 0.571. The molecule has 0 saturated carbocycles. The maximum absolute atomic E-state index is 9.80. The van der Waals surface area contributed by atoms with Crippen LogP contribution in [-0.2, 0) is 24.5 Å². The number of halogens is 2. The fourth-order valence-electron chi connectivity index (χ4n) is 6.29. The number of hydrogen-bond donors (Lipinski definition) is 0. The van der Waals surface area contributed by atoms with Crippen molar-refractivity contribution in [2.75, 3.05) is 24.6 Å². The van der Waals surface area contributed by atoms with Crippen molar-refractivity contribution in [3.63, 3.8) is 0 Å². The standard InChI is InChI=1S/2C21H32P.2FH.Zr/c2*1-3-5-7-11-15-22(16-12-8-6-4-2)21-17-19-13-9-10-14-20(19)18-21;;;/h2*9-10,13-14,17-18H,3-8,11-12,15-16H2,1-2H3;2*1H;/q2*-1;;;+4/p-2. The molecular weight excluding hydrogens is 696 g/mol. The molecule has 260 valence electrons. The first-order valence-electron chi connectivity index (χ1n) is 18.9. The van der Waals surface area contributed by atoms with Crippen molar-refractivity contribution in [3.8, 4) is 0 Å². The Balaban J connectivity index is 0.000000302. The van der Waals surface area contributed by atoms with Gasteiger partial charge in [0.05, 0.1) is 0 Å². The molecule has 0 bridgehead atoms. The maximum atomic E-state index is 9.80. The van der Waals surface area contributed by atoms with Gasteiger partial charge < -0.3 is 0 Å². The second kappa shape index (κ2) is 28.0. The molecular formula is C42H64F2P2Zr. The summed E-state index contributed by atoms with van der Waals surface area (Å²) in [5, 5.41) is 9.06. The summed E-state index contributed by atoms with van der Waals surface area (Å²) < 4.78 is 19.6. The van der Waals surface area contributed by atoms with Gasteiger partial charge in [0.25, 0.3) is 0 Å². The molecule has 0 fully saturated rings. The Hall–Kier alpha value is -0.737. The second-order valence-corrected chi connectivity index (χ2v) is 18.3. The van der Waals surface area contributed by atoms with Crippen LogP contribution in [0.25, 0.3) is 21.5 Å². The topological polar surface area (TPSA) is 0 Å². The quantitative estimate of drug-likeness (QED) is 0.0425. The minimum absolute atomic E-state index is 0.0642. The van der Waals surface area contributed by atoms with E-state index in [-0.39, 0.29) is 15.8 Å². The van der Waals surface area contributed by atoms with Crippen molar-refractivity contribution in [2.45, 2.75) is 130 Å². The Morgan fingerprint density at radius 3 is 1.04 bits per heavy atom. The molecule has 0 saturated heterocycles. The van der Waals surface area contributed by atoms with Crippen LogP contribution in [0.5, 0.6) is 0 Å². The molecule has 0 nitrogen and oxygen atoms in total. The molecule has 4 aromatic rings. The van der Waals surface area contributed by atoms with E-state index in [9.17, 15) is 5.25 Å². The average molecular weight is 760 g/mol. The van der Waals surface area contributed by atoms with Crippen LogP contribution in [0.1, 0.15) is 130 Å². The number of hydrogen-bond acceptors (Lipinski definition) is 0. The van der Waals surface area contributed by atoms with Gasteiger partial charge in [0.15, 0.2) is 0 Å². The molecule has 0 aromatic heterocycles. The van der Waals surface area contributed by atoms with Gasteiger partial charge in [-0.25, -0.2) is 0 Å². The zero-order chi connectivity index (χ0) is 34.0. The molecule has 0 heterocycles. The Morgan fingerprint density at radius 2 is 0.766 bits per heavy atom. The Bertz CT molecular complexity index is 1090. The first-order chi connectivity index (χ1) is 23.1. The van der Waals surface area contributed by atoms with E-state index in [2.05, 4.69) is 100 Å². The Morgan fingerprint density at radius 1 is 0.468 bits per heavy atom. The number of unbranched alkanes of at least 4 members (excludes halogenated alkanes) is 12. The van der Waals surface area contributed by atoms with E-state index in [0.29, 0.717) is 0 Å². The van der Waals surface area contributed by atoms with Crippen LogP contribution in [0.3, 0.4) is 0 Å². The van der Waals surface area contributed by atoms with Gasteiger partial charge in [0.1, 0.15) is 0 Å². The molecule has 0 spiro atoms. The van der Waals surface area contributed by atoms with Crippen molar-refractivity contribution in [2.24, 2.45) is 0 Å². The molecule has 0 amide bonds. The second-order valence-electron chi connectivity index (χ2n) is 13.0. The van der Waals surface area contributed by atoms with E-state index in [4.69, 9.17) is 0 Å². The average Bonchev–Trinajstić information content (AvgIpc) is 3.72. The molecule has 0 aliphatic rings. The minimum atomic E-state index is -2.77. The predicted octanol–water partition coefficient (Wildman–Crippen LogP) is 14.5. The van der Waals surface area contributed by atoms with Crippen LogP contribution in [0.4, 0.5) is 5.25 Å². The normalized spacial score (nSPS) is 11.1. The fourth-order valence-corrected chi connectivity index (χ4v) is 11.5. The van der Waals surface area contributed by atoms with E-state index in [0.717, 1.165) is 0 Å². The summed E-state index contributed by atoms with van der Waals surface area (Å²) in [5.74, 6) is 0. The molecule has 4 rings (SSSR count). The van der Waals surface area contributed by atoms with Gasteiger partial charge in [0, 0.05) is 0 Å². The summed E-state index contributed by atoms with van der Waals surface area (Å²) in [6.45, 7) is 9.21. The monoisotopic (exact) mass is 758 g/mol. The van der Waals surface area contributed by atoms with Gasteiger partial charge in [0.2, 0.25) is 0 Å². The number of fused-ring (bicyclic) bond motifs is 2. The summed E-state index contributed by atoms with van der Waals surface area (Å²) in [7, 11) is 0.128. The van der Waals surface area contributed by atoms with Gasteiger partial charge in [-0.15, -0.1) is 80.7 Å². The SMILES string of the molecule is CCCCCCP(CCCCCC)c1cc2ccccc2[cH-]1.CCCCCCP(CCCCCC)c1cc2ccccc2[cH-]1.[F][Zr+2][F]. The van der Waals surface area contributed by atoms with Crippen molar-refractivity contribution < 1.29 is 29.7 Å². The molecule has 0 aliphatic carbocycles. The van der Waals surface area contributed by atoms with Gasteiger partial charge in [-0.3, -0.25) is 0 Å². The summed E-state index contributed by atoms with van der Waals surface area (Å²) >= 11 is -2.77. The van der Waals surface area contributed by atoms with Gasteiger partial charge in [-0.1, -0.05) is 133 Å². The first kappa shape index (κ1) is 42.4. The van der Waals surface area contributed by atoms with E-state index < -0.39 is 24.5 Å². The molecule has 0 atom stereocenters. The zero-order valence-electron chi connectivity index (χ0n) is 30.2. The first-order valence-corrected chi connectivity index (χ1v) is 24.2. The molecule has 5 heteroatoms. The Labute approximate surface area is 303 Å². The Kier molecular flexibility index (Phi) is 25.3. The van der Waals surface area contributed by atoms with Crippen LogP contribution in [0.15, 0.2) is 72.8 Å². The van der Waals surface area contributed by atoms with E-state index in [1.807, 2.05) is 0 Å². The van der Waals surface area contributed by atoms with Crippen LogP contribution >= 0.6 is 15.8 Å². The van der Waals surface area contributed by atoms with Gasteiger partial charge in [-0.2, -0.15) is 12.1 Å².